The third kappa shape index (κ3) is 3.75. The molecule has 0 aliphatic heterocycles. The van der Waals surface area contributed by atoms with Gasteiger partial charge in [-0.3, -0.25) is 0 Å². The van der Waals surface area contributed by atoms with Crippen molar-refractivity contribution in [2.75, 3.05) is 0 Å². The Balaban J connectivity index is 0.00000196. The van der Waals surface area contributed by atoms with Gasteiger partial charge in [0, 0.05) is 22.4 Å². The van der Waals surface area contributed by atoms with Gasteiger partial charge in [-0.1, -0.05) is 103 Å². The fraction of sp³-hybridized carbons (Fsp3) is 0.0833. The molecule has 3 aromatic carbocycles. The number of benzene rings is 3. The van der Waals surface area contributed by atoms with Crippen LogP contribution in [0, 0.1) is 6.92 Å². The van der Waals surface area contributed by atoms with Crippen LogP contribution in [-0.2, 0) is 16.5 Å². The summed E-state index contributed by atoms with van der Waals surface area (Å²) >= 11 is 0. The second-order valence-corrected chi connectivity index (χ2v) is 8.50. The third-order valence-electron chi connectivity index (χ3n) is 4.65. The van der Waals surface area contributed by atoms with E-state index in [1.807, 2.05) is 0 Å². The van der Waals surface area contributed by atoms with Crippen LogP contribution < -0.4 is 15.9 Å². The molecule has 0 heterocycles. The molecule has 2 heteroatoms. The average Bonchev–Trinajstić information content (AvgIpc) is 3.18. The average molecular weight is 399 g/mol. The number of hydrogen-bond donors (Lipinski definition) is 0. The monoisotopic (exact) mass is 398 g/mol. The molecular formula is C24H21NiP. The Labute approximate surface area is 167 Å². The summed E-state index contributed by atoms with van der Waals surface area (Å²) in [5, 5.41) is 4.27. The van der Waals surface area contributed by atoms with Crippen LogP contribution in [0.15, 0.2) is 103 Å². The normalized spacial score (nSPS) is 13.2. The summed E-state index contributed by atoms with van der Waals surface area (Å²) < 4.78 is 0. The van der Waals surface area contributed by atoms with E-state index in [9.17, 15) is 0 Å². The Bertz CT molecular complexity index is 862. The van der Waals surface area contributed by atoms with Gasteiger partial charge in [-0.05, 0) is 41.9 Å². The van der Waals surface area contributed by atoms with Gasteiger partial charge in [0.05, 0.1) is 0 Å². The SMILES string of the molecule is Cc1cccc(P(c2ccccc2)c2ccccc2)c1C1C=CC=C1.[Ni]. The molecule has 3 aromatic rings. The van der Waals surface area contributed by atoms with Crippen molar-refractivity contribution in [2.45, 2.75) is 12.8 Å². The van der Waals surface area contributed by atoms with Crippen LogP contribution in [-0.4, -0.2) is 0 Å². The molecule has 0 radical (unpaired) electrons. The standard InChI is InChI=1S/C24H21P.Ni/c1-19-11-10-18-23(24(19)20-12-8-9-13-20)25(21-14-4-2-5-15-21)22-16-6-3-7-17-22;/h2-18,20H,1H3;. The van der Waals surface area contributed by atoms with Gasteiger partial charge >= 0.3 is 0 Å². The van der Waals surface area contributed by atoms with Crippen molar-refractivity contribution < 1.29 is 16.5 Å². The third-order valence-corrected chi connectivity index (χ3v) is 7.15. The van der Waals surface area contributed by atoms with Crippen molar-refractivity contribution in [3.8, 4) is 0 Å². The molecule has 0 saturated heterocycles. The molecule has 4 rings (SSSR count). The van der Waals surface area contributed by atoms with Crippen LogP contribution in [0.25, 0.3) is 0 Å². The number of rotatable bonds is 4. The summed E-state index contributed by atoms with van der Waals surface area (Å²) in [6.45, 7) is 2.24. The smallest absolute Gasteiger partial charge is 0.0214 e. The Morgan fingerprint density at radius 1 is 0.654 bits per heavy atom. The van der Waals surface area contributed by atoms with Gasteiger partial charge in [0.2, 0.25) is 0 Å². The fourth-order valence-electron chi connectivity index (χ4n) is 3.50. The first kappa shape index (κ1) is 18.8. The molecule has 132 valence electrons. The topological polar surface area (TPSA) is 0 Å². The Kier molecular flexibility index (Phi) is 6.26. The zero-order valence-corrected chi connectivity index (χ0v) is 16.5. The molecular weight excluding hydrogens is 378 g/mol. The largest absolute Gasteiger partial charge is 0.0732 e. The van der Waals surface area contributed by atoms with Gasteiger partial charge in [-0.15, -0.1) is 0 Å². The Morgan fingerprint density at radius 3 is 1.73 bits per heavy atom. The van der Waals surface area contributed by atoms with Crippen LogP contribution in [0.3, 0.4) is 0 Å². The summed E-state index contributed by atoms with van der Waals surface area (Å²) in [4.78, 5) is 0. The summed E-state index contributed by atoms with van der Waals surface area (Å²) in [5.74, 6) is 0.383. The van der Waals surface area contributed by atoms with Gasteiger partial charge in [0.15, 0.2) is 0 Å². The molecule has 0 amide bonds. The van der Waals surface area contributed by atoms with Crippen LogP contribution in [0.5, 0.6) is 0 Å². The molecule has 1 aliphatic rings. The molecule has 0 aromatic heterocycles. The molecule has 0 bridgehead atoms. The first-order valence-electron chi connectivity index (χ1n) is 8.69. The Hall–Kier alpha value is -1.94. The first-order chi connectivity index (χ1) is 12.3. The van der Waals surface area contributed by atoms with Gasteiger partial charge in [-0.2, -0.15) is 0 Å². The van der Waals surface area contributed by atoms with Crippen LogP contribution in [0.4, 0.5) is 0 Å². The molecule has 0 atom stereocenters. The van der Waals surface area contributed by atoms with Crippen molar-refractivity contribution in [1.82, 2.24) is 0 Å². The molecule has 0 fully saturated rings. The second kappa shape index (κ2) is 8.63. The van der Waals surface area contributed by atoms with E-state index in [0.717, 1.165) is 0 Å². The van der Waals surface area contributed by atoms with Crippen LogP contribution >= 0.6 is 7.92 Å². The summed E-state index contributed by atoms with van der Waals surface area (Å²) in [7, 11) is -0.567. The molecule has 0 saturated carbocycles. The number of hydrogen-bond acceptors (Lipinski definition) is 0. The van der Waals surface area contributed by atoms with Crippen molar-refractivity contribution in [3.05, 3.63) is 114 Å². The van der Waals surface area contributed by atoms with Gasteiger partial charge in [0.1, 0.15) is 0 Å². The zero-order chi connectivity index (χ0) is 17.1. The number of aryl methyl sites for hydroxylation is 1. The predicted molar refractivity (Wildman–Crippen MR) is 111 cm³/mol. The van der Waals surface area contributed by atoms with Gasteiger partial charge < -0.3 is 0 Å². The van der Waals surface area contributed by atoms with Crippen LogP contribution in [0.2, 0.25) is 0 Å². The molecule has 0 nitrogen and oxygen atoms in total. The molecule has 0 unspecified atom stereocenters. The van der Waals surface area contributed by atoms with Gasteiger partial charge in [0.25, 0.3) is 0 Å². The van der Waals surface area contributed by atoms with E-state index < -0.39 is 7.92 Å². The minimum atomic E-state index is -0.567. The van der Waals surface area contributed by atoms with E-state index in [2.05, 4.69) is 110 Å². The maximum Gasteiger partial charge on any atom is 0.0214 e. The maximum absolute atomic E-state index is 2.33. The van der Waals surface area contributed by atoms with Crippen LogP contribution in [0.1, 0.15) is 17.0 Å². The molecule has 26 heavy (non-hydrogen) atoms. The Morgan fingerprint density at radius 2 is 1.19 bits per heavy atom. The maximum atomic E-state index is 2.33. The predicted octanol–water partition coefficient (Wildman–Crippen LogP) is 4.96. The fourth-order valence-corrected chi connectivity index (χ4v) is 6.10. The second-order valence-electron chi connectivity index (χ2n) is 6.31. The van der Waals surface area contributed by atoms with E-state index in [0.29, 0.717) is 5.92 Å². The van der Waals surface area contributed by atoms with Crippen molar-refractivity contribution in [1.29, 1.82) is 0 Å². The minimum Gasteiger partial charge on any atom is -0.0732 e. The molecule has 1 aliphatic carbocycles. The molecule has 0 N–H and O–H groups in total. The van der Waals surface area contributed by atoms with E-state index in [4.69, 9.17) is 0 Å². The zero-order valence-electron chi connectivity index (χ0n) is 14.7. The summed E-state index contributed by atoms with van der Waals surface area (Å²) in [5.41, 5.74) is 2.84. The van der Waals surface area contributed by atoms with E-state index in [1.165, 1.54) is 27.0 Å². The van der Waals surface area contributed by atoms with E-state index >= 15 is 0 Å². The quantitative estimate of drug-likeness (QED) is 0.430. The minimum absolute atomic E-state index is 0. The summed E-state index contributed by atoms with van der Waals surface area (Å²) in [6, 6.07) is 28.7. The van der Waals surface area contributed by atoms with Crippen molar-refractivity contribution >= 4 is 23.8 Å². The first-order valence-corrected chi connectivity index (χ1v) is 10.0. The number of allylic oxidation sites excluding steroid dienone is 4. The van der Waals surface area contributed by atoms with Crippen molar-refractivity contribution in [2.24, 2.45) is 0 Å². The van der Waals surface area contributed by atoms with Crippen molar-refractivity contribution in [3.63, 3.8) is 0 Å². The molecule has 0 spiro atoms. The van der Waals surface area contributed by atoms with E-state index in [1.54, 1.807) is 0 Å². The van der Waals surface area contributed by atoms with E-state index in [-0.39, 0.29) is 16.5 Å². The summed E-state index contributed by atoms with van der Waals surface area (Å²) in [6.07, 6.45) is 8.92. The van der Waals surface area contributed by atoms with Gasteiger partial charge in [-0.25, -0.2) is 0 Å².